The van der Waals surface area contributed by atoms with E-state index in [2.05, 4.69) is 14.9 Å². The Morgan fingerprint density at radius 2 is 1.77 bits per heavy atom. The van der Waals surface area contributed by atoms with Crippen LogP contribution in [0.15, 0.2) is 53.7 Å². The van der Waals surface area contributed by atoms with Gasteiger partial charge in [0.25, 0.3) is 0 Å². The standard InChI is InChI=1S/C21H22F3N3O2S/c1-15-8-10-16(11-9-15)27-19(17-6-3-4-7-18(17)28-2)25-26-20(27)30-13-5-12-29-14-21(22,23)24/h3-4,6-11H,5,12-14H2,1-2H3. The van der Waals surface area contributed by atoms with E-state index in [0.29, 0.717) is 28.9 Å². The van der Waals surface area contributed by atoms with Crippen molar-refractivity contribution in [2.24, 2.45) is 0 Å². The zero-order valence-electron chi connectivity index (χ0n) is 16.6. The summed E-state index contributed by atoms with van der Waals surface area (Å²) < 4.78 is 48.6. The number of alkyl halides is 3. The quantitative estimate of drug-likeness (QED) is 0.335. The summed E-state index contributed by atoms with van der Waals surface area (Å²) in [5.74, 6) is 1.86. The average molecular weight is 437 g/mol. The van der Waals surface area contributed by atoms with Crippen LogP contribution < -0.4 is 4.74 Å². The van der Waals surface area contributed by atoms with E-state index in [9.17, 15) is 13.2 Å². The van der Waals surface area contributed by atoms with Crippen molar-refractivity contribution in [2.75, 3.05) is 26.1 Å². The topological polar surface area (TPSA) is 49.2 Å². The van der Waals surface area contributed by atoms with Crippen LogP contribution >= 0.6 is 11.8 Å². The van der Waals surface area contributed by atoms with Gasteiger partial charge >= 0.3 is 6.18 Å². The van der Waals surface area contributed by atoms with E-state index >= 15 is 0 Å². The summed E-state index contributed by atoms with van der Waals surface area (Å²) in [6.45, 7) is 0.813. The number of aryl methyl sites for hydroxylation is 1. The van der Waals surface area contributed by atoms with Crippen molar-refractivity contribution in [3.63, 3.8) is 0 Å². The summed E-state index contributed by atoms with van der Waals surface area (Å²) in [7, 11) is 1.60. The molecule has 1 heterocycles. The van der Waals surface area contributed by atoms with Crippen LogP contribution in [0.3, 0.4) is 0 Å². The zero-order chi connectivity index (χ0) is 21.6. The van der Waals surface area contributed by atoms with E-state index in [1.807, 2.05) is 60.0 Å². The molecule has 0 radical (unpaired) electrons. The molecule has 0 aliphatic heterocycles. The number of thioether (sulfide) groups is 1. The number of hydrogen-bond acceptors (Lipinski definition) is 5. The highest BCUT2D eigenvalue weighted by atomic mass is 32.2. The van der Waals surface area contributed by atoms with Crippen LogP contribution in [-0.2, 0) is 4.74 Å². The lowest BCUT2D eigenvalue weighted by molar-refractivity contribution is -0.173. The molecule has 0 aliphatic carbocycles. The summed E-state index contributed by atoms with van der Waals surface area (Å²) >= 11 is 1.42. The van der Waals surface area contributed by atoms with Gasteiger partial charge in [-0.05, 0) is 37.6 Å². The number of hydrogen-bond donors (Lipinski definition) is 0. The highest BCUT2D eigenvalue weighted by molar-refractivity contribution is 7.99. The highest BCUT2D eigenvalue weighted by Crippen LogP contribution is 2.33. The van der Waals surface area contributed by atoms with Crippen LogP contribution in [0.1, 0.15) is 12.0 Å². The van der Waals surface area contributed by atoms with Crippen LogP contribution in [0, 0.1) is 6.92 Å². The Bertz CT molecular complexity index is 959. The van der Waals surface area contributed by atoms with Crippen LogP contribution in [0.2, 0.25) is 0 Å². The second kappa shape index (κ2) is 9.99. The molecule has 0 saturated heterocycles. The SMILES string of the molecule is COc1ccccc1-c1nnc(SCCCOCC(F)(F)F)n1-c1ccc(C)cc1. The number of ether oxygens (including phenoxy) is 2. The number of methoxy groups -OCH3 is 1. The number of nitrogens with zero attached hydrogens (tertiary/aromatic N) is 3. The molecule has 3 rings (SSSR count). The lowest BCUT2D eigenvalue weighted by atomic mass is 10.1. The molecule has 0 bridgehead atoms. The Hall–Kier alpha value is -2.52. The first-order chi connectivity index (χ1) is 14.4. The van der Waals surface area contributed by atoms with Gasteiger partial charge in [-0.15, -0.1) is 10.2 Å². The summed E-state index contributed by atoms with van der Waals surface area (Å²) in [5.41, 5.74) is 2.82. The predicted octanol–water partition coefficient (Wildman–Crippen LogP) is 5.31. The van der Waals surface area contributed by atoms with Gasteiger partial charge in [0, 0.05) is 18.0 Å². The minimum Gasteiger partial charge on any atom is -0.496 e. The van der Waals surface area contributed by atoms with Crippen molar-refractivity contribution in [3.8, 4) is 22.8 Å². The molecular weight excluding hydrogens is 415 g/mol. The molecule has 0 atom stereocenters. The lowest BCUT2D eigenvalue weighted by Crippen LogP contribution is -2.17. The van der Waals surface area contributed by atoms with Gasteiger partial charge in [-0.3, -0.25) is 4.57 Å². The Kier molecular flexibility index (Phi) is 7.38. The number of para-hydroxylation sites is 1. The van der Waals surface area contributed by atoms with Gasteiger partial charge in [-0.1, -0.05) is 41.6 Å². The third kappa shape index (κ3) is 5.76. The molecule has 1 aromatic heterocycles. The van der Waals surface area contributed by atoms with Gasteiger partial charge in [-0.25, -0.2) is 0 Å². The number of rotatable bonds is 9. The van der Waals surface area contributed by atoms with Crippen molar-refractivity contribution >= 4 is 11.8 Å². The van der Waals surface area contributed by atoms with E-state index in [-0.39, 0.29) is 6.61 Å². The van der Waals surface area contributed by atoms with E-state index in [0.717, 1.165) is 16.8 Å². The molecule has 5 nitrogen and oxygen atoms in total. The second-order valence-electron chi connectivity index (χ2n) is 6.55. The molecular formula is C21H22F3N3O2S. The van der Waals surface area contributed by atoms with Gasteiger partial charge < -0.3 is 9.47 Å². The zero-order valence-corrected chi connectivity index (χ0v) is 17.5. The second-order valence-corrected chi connectivity index (χ2v) is 7.61. The van der Waals surface area contributed by atoms with E-state index in [4.69, 9.17) is 4.74 Å². The minimum atomic E-state index is -4.30. The largest absolute Gasteiger partial charge is 0.496 e. The fourth-order valence-electron chi connectivity index (χ4n) is 2.81. The maximum atomic E-state index is 12.2. The third-order valence-corrected chi connectivity index (χ3v) is 5.22. The van der Waals surface area contributed by atoms with Crippen molar-refractivity contribution in [1.82, 2.24) is 14.8 Å². The summed E-state index contributed by atoms with van der Waals surface area (Å²) in [4.78, 5) is 0. The molecule has 0 N–H and O–H groups in total. The monoisotopic (exact) mass is 437 g/mol. The molecule has 9 heteroatoms. The molecule has 0 unspecified atom stereocenters. The molecule has 0 saturated carbocycles. The Morgan fingerprint density at radius 3 is 2.47 bits per heavy atom. The van der Waals surface area contributed by atoms with Gasteiger partial charge in [0.1, 0.15) is 12.4 Å². The average Bonchev–Trinajstić information content (AvgIpc) is 3.14. The molecule has 0 fully saturated rings. The normalized spacial score (nSPS) is 11.6. The first kappa shape index (κ1) is 22.2. The Labute approximate surface area is 177 Å². The summed E-state index contributed by atoms with van der Waals surface area (Å²) in [6, 6.07) is 15.5. The fourth-order valence-corrected chi connectivity index (χ4v) is 3.67. The highest BCUT2D eigenvalue weighted by Gasteiger charge is 2.27. The minimum absolute atomic E-state index is 0.0323. The summed E-state index contributed by atoms with van der Waals surface area (Å²) in [5, 5.41) is 9.35. The molecule has 2 aromatic carbocycles. The lowest BCUT2D eigenvalue weighted by Gasteiger charge is -2.13. The van der Waals surface area contributed by atoms with Crippen molar-refractivity contribution in [2.45, 2.75) is 24.7 Å². The molecule has 160 valence electrons. The van der Waals surface area contributed by atoms with Crippen molar-refractivity contribution < 1.29 is 22.6 Å². The molecule has 0 amide bonds. The molecule has 30 heavy (non-hydrogen) atoms. The third-order valence-electron chi connectivity index (χ3n) is 4.20. The number of halogens is 3. The molecule has 3 aromatic rings. The maximum absolute atomic E-state index is 12.2. The predicted molar refractivity (Wildman–Crippen MR) is 110 cm³/mol. The van der Waals surface area contributed by atoms with E-state index in [1.165, 1.54) is 11.8 Å². The van der Waals surface area contributed by atoms with E-state index in [1.54, 1.807) is 7.11 Å². The fraction of sp³-hybridized carbons (Fsp3) is 0.333. The maximum Gasteiger partial charge on any atom is 0.411 e. The van der Waals surface area contributed by atoms with Crippen molar-refractivity contribution in [3.05, 3.63) is 54.1 Å². The van der Waals surface area contributed by atoms with Gasteiger partial charge in [0.2, 0.25) is 0 Å². The Balaban J connectivity index is 1.81. The first-order valence-electron chi connectivity index (χ1n) is 9.32. The number of aromatic nitrogens is 3. The van der Waals surface area contributed by atoms with Gasteiger partial charge in [0.15, 0.2) is 11.0 Å². The van der Waals surface area contributed by atoms with Crippen molar-refractivity contribution in [1.29, 1.82) is 0 Å². The molecule has 0 aliphatic rings. The first-order valence-corrected chi connectivity index (χ1v) is 10.3. The smallest absolute Gasteiger partial charge is 0.411 e. The van der Waals surface area contributed by atoms with Crippen LogP contribution in [0.25, 0.3) is 17.1 Å². The summed E-state index contributed by atoms with van der Waals surface area (Å²) in [6.07, 6.45) is -3.84. The Morgan fingerprint density at radius 1 is 1.03 bits per heavy atom. The van der Waals surface area contributed by atoms with Gasteiger partial charge in [-0.2, -0.15) is 13.2 Å². The van der Waals surface area contributed by atoms with Crippen LogP contribution in [0.4, 0.5) is 13.2 Å². The number of benzene rings is 2. The van der Waals surface area contributed by atoms with Crippen LogP contribution in [-0.4, -0.2) is 47.0 Å². The van der Waals surface area contributed by atoms with Crippen LogP contribution in [0.5, 0.6) is 5.75 Å². The van der Waals surface area contributed by atoms with Gasteiger partial charge in [0.05, 0.1) is 12.7 Å². The van der Waals surface area contributed by atoms with E-state index < -0.39 is 12.8 Å². The molecule has 0 spiro atoms.